The average molecular weight is 363 g/mol. The summed E-state index contributed by atoms with van der Waals surface area (Å²) in [7, 11) is 0. The van der Waals surface area contributed by atoms with Crippen molar-refractivity contribution in [2.45, 2.75) is 25.7 Å². The van der Waals surface area contributed by atoms with Crippen LogP contribution in [-0.4, -0.2) is 44.1 Å². The van der Waals surface area contributed by atoms with Gasteiger partial charge in [0.15, 0.2) is 5.82 Å². The van der Waals surface area contributed by atoms with E-state index in [1.165, 1.54) is 6.07 Å². The minimum Gasteiger partial charge on any atom is -0.339 e. The molecule has 0 bridgehead atoms. The Bertz CT molecular complexity index is 997. The second-order valence-electron chi connectivity index (χ2n) is 6.85. The van der Waals surface area contributed by atoms with Gasteiger partial charge in [-0.25, -0.2) is 4.98 Å². The number of aromatic amines is 2. The highest BCUT2D eigenvalue weighted by Crippen LogP contribution is 2.26. The molecule has 7 heteroatoms. The Hall–Kier alpha value is -3.22. The van der Waals surface area contributed by atoms with Crippen molar-refractivity contribution in [3.8, 4) is 11.3 Å². The van der Waals surface area contributed by atoms with E-state index in [4.69, 9.17) is 0 Å². The van der Waals surface area contributed by atoms with E-state index in [0.29, 0.717) is 24.6 Å². The summed E-state index contributed by atoms with van der Waals surface area (Å²) in [5.74, 6) is 2.01. The molecule has 0 saturated carbocycles. The maximum absolute atomic E-state index is 12.8. The van der Waals surface area contributed by atoms with E-state index in [0.717, 1.165) is 35.7 Å². The molecular weight excluding hydrogens is 342 g/mol. The minimum absolute atomic E-state index is 0.0349. The molecule has 1 aliphatic rings. The summed E-state index contributed by atoms with van der Waals surface area (Å²) < 4.78 is 0. The molecule has 2 aromatic heterocycles. The van der Waals surface area contributed by atoms with Gasteiger partial charge in [-0.15, -0.1) is 0 Å². The number of H-pyrrole nitrogens is 2. The molecule has 7 nitrogen and oxygen atoms in total. The van der Waals surface area contributed by atoms with Crippen molar-refractivity contribution < 1.29 is 4.79 Å². The van der Waals surface area contributed by atoms with Gasteiger partial charge in [-0.1, -0.05) is 18.2 Å². The van der Waals surface area contributed by atoms with E-state index in [1.807, 2.05) is 42.2 Å². The van der Waals surface area contributed by atoms with Gasteiger partial charge in [-0.05, 0) is 43.5 Å². The topological polar surface area (TPSA) is 94.7 Å². The van der Waals surface area contributed by atoms with Crippen molar-refractivity contribution in [1.82, 2.24) is 25.1 Å². The SMILES string of the molecule is Cc1nc(C2CCN(C(=O)c3ccc(-c4cccc(=O)[nH]4)cc3)CC2)n[nH]1. The molecule has 1 amide bonds. The zero-order valence-corrected chi connectivity index (χ0v) is 15.1. The van der Waals surface area contributed by atoms with Crippen LogP contribution in [0.1, 0.15) is 40.8 Å². The van der Waals surface area contributed by atoms with Gasteiger partial charge >= 0.3 is 0 Å². The highest BCUT2D eigenvalue weighted by atomic mass is 16.2. The fourth-order valence-electron chi connectivity index (χ4n) is 3.47. The number of carbonyl (C=O) groups excluding carboxylic acids is 1. The lowest BCUT2D eigenvalue weighted by Crippen LogP contribution is -2.38. The van der Waals surface area contributed by atoms with Crippen LogP contribution in [0, 0.1) is 6.92 Å². The Morgan fingerprint density at radius 3 is 2.48 bits per heavy atom. The number of nitrogens with zero attached hydrogens (tertiary/aromatic N) is 3. The van der Waals surface area contributed by atoms with Crippen LogP contribution in [0.15, 0.2) is 47.3 Å². The molecular formula is C20H21N5O2. The van der Waals surface area contributed by atoms with Gasteiger partial charge in [0, 0.05) is 36.3 Å². The summed E-state index contributed by atoms with van der Waals surface area (Å²) in [5.41, 5.74) is 2.13. The molecule has 138 valence electrons. The van der Waals surface area contributed by atoms with E-state index in [-0.39, 0.29) is 11.5 Å². The van der Waals surface area contributed by atoms with Crippen LogP contribution < -0.4 is 5.56 Å². The minimum atomic E-state index is -0.142. The number of piperidine rings is 1. The third-order valence-corrected chi connectivity index (χ3v) is 4.97. The molecule has 0 radical (unpaired) electrons. The van der Waals surface area contributed by atoms with E-state index in [9.17, 15) is 9.59 Å². The number of amides is 1. The van der Waals surface area contributed by atoms with Crippen molar-refractivity contribution in [3.63, 3.8) is 0 Å². The van der Waals surface area contributed by atoms with Crippen LogP contribution in [0.2, 0.25) is 0 Å². The Balaban J connectivity index is 1.42. The van der Waals surface area contributed by atoms with Gasteiger partial charge in [0.05, 0.1) is 0 Å². The molecule has 0 atom stereocenters. The molecule has 4 rings (SSSR count). The summed E-state index contributed by atoms with van der Waals surface area (Å²) in [4.78, 5) is 33.3. The van der Waals surface area contributed by atoms with E-state index in [1.54, 1.807) is 6.07 Å². The number of pyridine rings is 1. The lowest BCUT2D eigenvalue weighted by atomic mass is 9.95. The lowest BCUT2D eigenvalue weighted by Gasteiger charge is -2.30. The van der Waals surface area contributed by atoms with E-state index < -0.39 is 0 Å². The molecule has 1 fully saturated rings. The third kappa shape index (κ3) is 3.67. The first kappa shape index (κ1) is 17.2. The zero-order chi connectivity index (χ0) is 18.8. The molecule has 1 aliphatic heterocycles. The number of hydrogen-bond acceptors (Lipinski definition) is 4. The number of likely N-dealkylation sites (tertiary alicyclic amines) is 1. The van der Waals surface area contributed by atoms with Crippen molar-refractivity contribution in [2.75, 3.05) is 13.1 Å². The second-order valence-corrected chi connectivity index (χ2v) is 6.85. The van der Waals surface area contributed by atoms with Gasteiger partial charge in [0.1, 0.15) is 5.82 Å². The first-order valence-corrected chi connectivity index (χ1v) is 9.08. The number of aromatic nitrogens is 4. The van der Waals surface area contributed by atoms with Crippen molar-refractivity contribution in [1.29, 1.82) is 0 Å². The normalized spacial score (nSPS) is 15.1. The summed E-state index contributed by atoms with van der Waals surface area (Å²) >= 11 is 0. The summed E-state index contributed by atoms with van der Waals surface area (Å²) in [6.07, 6.45) is 1.73. The Morgan fingerprint density at radius 1 is 1.11 bits per heavy atom. The molecule has 27 heavy (non-hydrogen) atoms. The predicted octanol–water partition coefficient (Wildman–Crippen LogP) is 2.49. The second kappa shape index (κ2) is 7.19. The molecule has 3 aromatic rings. The van der Waals surface area contributed by atoms with Gasteiger partial charge in [0.25, 0.3) is 5.91 Å². The lowest BCUT2D eigenvalue weighted by molar-refractivity contribution is 0.0711. The maximum atomic E-state index is 12.8. The van der Waals surface area contributed by atoms with E-state index >= 15 is 0 Å². The standard InChI is InChI=1S/C20H21N5O2/c1-13-21-19(24-23-13)15-9-11-25(12-10-15)20(27)16-7-5-14(6-8-16)17-3-2-4-18(26)22-17/h2-8,15H,9-12H2,1H3,(H,22,26)(H,21,23,24). The first-order valence-electron chi connectivity index (χ1n) is 9.08. The first-order chi connectivity index (χ1) is 13.1. The zero-order valence-electron chi connectivity index (χ0n) is 15.1. The fourth-order valence-corrected chi connectivity index (χ4v) is 3.47. The number of carbonyl (C=O) groups is 1. The summed E-state index contributed by atoms with van der Waals surface area (Å²) in [5, 5.41) is 7.13. The van der Waals surface area contributed by atoms with Gasteiger partial charge < -0.3 is 9.88 Å². The number of hydrogen-bond donors (Lipinski definition) is 2. The molecule has 0 spiro atoms. The average Bonchev–Trinajstić information content (AvgIpc) is 3.14. The van der Waals surface area contributed by atoms with Crippen LogP contribution in [0.4, 0.5) is 0 Å². The maximum Gasteiger partial charge on any atom is 0.253 e. The molecule has 0 aliphatic carbocycles. The Kier molecular flexibility index (Phi) is 4.58. The Labute approximate surface area is 156 Å². The smallest absolute Gasteiger partial charge is 0.253 e. The third-order valence-electron chi connectivity index (χ3n) is 4.97. The van der Waals surface area contributed by atoms with Crippen LogP contribution in [0.3, 0.4) is 0 Å². The van der Waals surface area contributed by atoms with Crippen molar-refractivity contribution >= 4 is 5.91 Å². The molecule has 3 heterocycles. The van der Waals surface area contributed by atoms with Crippen molar-refractivity contribution in [3.05, 3.63) is 70.0 Å². The number of aryl methyl sites for hydroxylation is 1. The quantitative estimate of drug-likeness (QED) is 0.747. The van der Waals surface area contributed by atoms with Crippen LogP contribution in [-0.2, 0) is 0 Å². The Morgan fingerprint density at radius 2 is 1.85 bits per heavy atom. The molecule has 2 N–H and O–H groups in total. The van der Waals surface area contributed by atoms with Crippen molar-refractivity contribution in [2.24, 2.45) is 0 Å². The fraction of sp³-hybridized carbons (Fsp3) is 0.300. The van der Waals surface area contributed by atoms with Crippen LogP contribution in [0.5, 0.6) is 0 Å². The summed E-state index contributed by atoms with van der Waals surface area (Å²) in [6.45, 7) is 3.29. The summed E-state index contributed by atoms with van der Waals surface area (Å²) in [6, 6.07) is 12.4. The van der Waals surface area contributed by atoms with E-state index in [2.05, 4.69) is 20.2 Å². The van der Waals surface area contributed by atoms with Crippen LogP contribution >= 0.6 is 0 Å². The van der Waals surface area contributed by atoms with Gasteiger partial charge in [0.2, 0.25) is 5.56 Å². The molecule has 1 aromatic carbocycles. The van der Waals surface area contributed by atoms with Gasteiger partial charge in [-0.3, -0.25) is 14.7 Å². The molecule has 0 unspecified atom stereocenters. The highest BCUT2D eigenvalue weighted by Gasteiger charge is 2.26. The monoisotopic (exact) mass is 363 g/mol. The predicted molar refractivity (Wildman–Crippen MR) is 101 cm³/mol. The number of rotatable bonds is 3. The highest BCUT2D eigenvalue weighted by molar-refractivity contribution is 5.94. The molecule has 1 saturated heterocycles. The number of benzene rings is 1. The van der Waals surface area contributed by atoms with Gasteiger partial charge in [-0.2, -0.15) is 5.10 Å². The largest absolute Gasteiger partial charge is 0.339 e. The number of nitrogens with one attached hydrogen (secondary N) is 2. The van der Waals surface area contributed by atoms with Crippen LogP contribution in [0.25, 0.3) is 11.3 Å².